The highest BCUT2D eigenvalue weighted by atomic mass is 14.4. The fourth-order valence-electron chi connectivity index (χ4n) is 11.9. The van der Waals surface area contributed by atoms with Crippen molar-refractivity contribution >= 4 is 0 Å². The second kappa shape index (κ2) is 54.1. The first-order chi connectivity index (χ1) is 45.0. The van der Waals surface area contributed by atoms with E-state index in [2.05, 4.69) is 366 Å². The summed E-state index contributed by atoms with van der Waals surface area (Å²) in [5, 5.41) is 0. The molecule has 0 heterocycles. The van der Waals surface area contributed by atoms with E-state index < -0.39 is 0 Å². The van der Waals surface area contributed by atoms with Gasteiger partial charge in [-0.25, -0.2) is 0 Å². The normalized spacial score (nSPS) is 21.1. The van der Waals surface area contributed by atoms with Crippen LogP contribution in [-0.4, -0.2) is 0 Å². The highest BCUT2D eigenvalue weighted by molar-refractivity contribution is 5.29. The van der Waals surface area contributed by atoms with Crippen LogP contribution in [0, 0.1) is 107 Å². The number of rotatable bonds is 0. The maximum atomic E-state index is 2.50. The Balaban J connectivity index is -0.000000250. The fraction of sp³-hybridized carbons (Fsp3) is 0.881. The van der Waals surface area contributed by atoms with Gasteiger partial charge in [0.1, 0.15) is 0 Å². The Hall–Kier alpha value is -1.56. The molecule has 3 atom stereocenters. The fourth-order valence-corrected chi connectivity index (χ4v) is 11.9. The predicted molar refractivity (Wildman–Crippen MR) is 477 cm³/mol. The molecule has 0 spiro atoms. The molecule has 0 nitrogen and oxygen atoms in total. The van der Waals surface area contributed by atoms with Crippen molar-refractivity contribution in [2.45, 2.75) is 472 Å². The van der Waals surface area contributed by atoms with Crippen LogP contribution in [0.25, 0.3) is 0 Å². The van der Waals surface area contributed by atoms with Gasteiger partial charge in [-0.3, -0.25) is 0 Å². The molecule has 0 heteroatoms. The summed E-state index contributed by atoms with van der Waals surface area (Å²) < 4.78 is 0. The quantitative estimate of drug-likeness (QED) is 0.212. The Labute approximate surface area is 646 Å². The van der Waals surface area contributed by atoms with Crippen molar-refractivity contribution in [2.75, 3.05) is 0 Å². The van der Waals surface area contributed by atoms with Crippen LogP contribution in [0.3, 0.4) is 0 Å². The van der Waals surface area contributed by atoms with Gasteiger partial charge in [0, 0.05) is 0 Å². The van der Waals surface area contributed by atoms with Crippen LogP contribution in [0.15, 0.2) is 71.4 Å². The molecule has 0 radical (unpaired) electrons. The molecule has 0 aromatic carbocycles. The van der Waals surface area contributed by atoms with Crippen LogP contribution in [0.2, 0.25) is 0 Å². The van der Waals surface area contributed by atoms with Gasteiger partial charge in [-0.2, -0.15) is 0 Å². The molecular weight excluding hydrogens is 1210 g/mol. The lowest BCUT2D eigenvalue weighted by molar-refractivity contribution is 0.0970. The Morgan fingerprint density at radius 3 is 0.574 bits per heavy atom. The zero-order valence-electron chi connectivity index (χ0n) is 79.5. The van der Waals surface area contributed by atoms with Crippen LogP contribution in [-0.2, 0) is 0 Å². The molecule has 606 valence electrons. The maximum Gasteiger partial charge on any atom is -0.0170 e. The average molecular weight is 1420 g/mol. The van der Waals surface area contributed by atoms with Crippen LogP contribution < -0.4 is 0 Å². The molecular formula is C101H202. The first-order valence-electron chi connectivity index (χ1n) is 43.1. The molecule has 2 saturated carbocycles. The van der Waals surface area contributed by atoms with Gasteiger partial charge in [0.25, 0.3) is 0 Å². The van der Waals surface area contributed by atoms with Crippen LogP contribution in [0.5, 0.6) is 0 Å². The Morgan fingerprint density at radius 2 is 0.455 bits per heavy atom. The smallest absolute Gasteiger partial charge is 0.0170 e. The van der Waals surface area contributed by atoms with E-state index in [1.54, 1.807) is 16.7 Å². The molecule has 0 bridgehead atoms. The van der Waals surface area contributed by atoms with Gasteiger partial charge in [0.05, 0.1) is 0 Å². The van der Waals surface area contributed by atoms with E-state index in [1.807, 2.05) is 0 Å². The second-order valence-corrected chi connectivity index (χ2v) is 47.2. The van der Waals surface area contributed by atoms with Crippen LogP contribution in [0.1, 0.15) is 472 Å². The summed E-state index contributed by atoms with van der Waals surface area (Å²) in [6, 6.07) is 0. The summed E-state index contributed by atoms with van der Waals surface area (Å²) in [5.41, 5.74) is 9.86. The highest BCUT2D eigenvalue weighted by Crippen LogP contribution is 2.46. The largest absolute Gasteiger partial charge is 0.0885 e. The number of hydrogen-bond acceptors (Lipinski definition) is 0. The first kappa shape index (κ1) is 110. The molecule has 0 aromatic rings. The summed E-state index contributed by atoms with van der Waals surface area (Å²) in [4.78, 5) is 0. The van der Waals surface area contributed by atoms with E-state index in [-0.39, 0.29) is 0 Å². The minimum absolute atomic E-state index is 0.347. The van der Waals surface area contributed by atoms with Crippen molar-refractivity contribution in [3.05, 3.63) is 71.4 Å². The van der Waals surface area contributed by atoms with Gasteiger partial charge in [0.2, 0.25) is 0 Å². The molecule has 101 heavy (non-hydrogen) atoms. The lowest BCUT2D eigenvalue weighted by atomic mass is 9.64. The maximum absolute atomic E-state index is 2.50. The standard InChI is InChI=1S/C14H28.2C14H26.C14H24.C6H12.2C6H10.3C5H12.3C4H10/c4*1-13(2,3)11-7-9-12(10-8-11)14(4,5)6;3*1-2-4-6-5-3-1;3*1-5(2,3)4;3*1-4(2)3/h11-12H,7-10H2,1-6H3;7,12H,8-10H2,1-6H3;7,9,11-12H,8,10H2,1-6H3;7,9H,8,10H2,1-6H3;1-6H2;2*1-2H,3-6H2;3*1-4H3;3*4H,1-3H3. The minimum atomic E-state index is 0.347. The van der Waals surface area contributed by atoms with Crippen molar-refractivity contribution in [1.82, 2.24) is 0 Å². The van der Waals surface area contributed by atoms with E-state index in [0.717, 1.165) is 47.3 Å². The zero-order chi connectivity index (χ0) is 80.9. The third-order valence-electron chi connectivity index (χ3n) is 18.3. The molecule has 7 aliphatic rings. The Morgan fingerprint density at radius 1 is 0.248 bits per heavy atom. The van der Waals surface area contributed by atoms with Gasteiger partial charge >= 0.3 is 0 Å². The summed E-state index contributed by atoms with van der Waals surface area (Å²) in [6.07, 6.45) is 56.1. The van der Waals surface area contributed by atoms with Crippen LogP contribution >= 0.6 is 0 Å². The minimum Gasteiger partial charge on any atom is -0.0885 e. The summed E-state index contributed by atoms with van der Waals surface area (Å²) in [7, 11) is 0. The van der Waals surface area contributed by atoms with Crippen molar-refractivity contribution < 1.29 is 0 Å². The lowest BCUT2D eigenvalue weighted by Gasteiger charge is -2.41. The van der Waals surface area contributed by atoms with Gasteiger partial charge in [0.15, 0.2) is 0 Å². The molecule has 2 fully saturated rings. The third-order valence-corrected chi connectivity index (χ3v) is 18.3. The Kier molecular flexibility index (Phi) is 59.1. The van der Waals surface area contributed by atoms with E-state index in [4.69, 9.17) is 0 Å². The van der Waals surface area contributed by atoms with Gasteiger partial charge in [-0.1, -0.05) is 421 Å². The van der Waals surface area contributed by atoms with Gasteiger partial charge in [-0.05, 0) is 229 Å². The van der Waals surface area contributed by atoms with E-state index >= 15 is 0 Å². The molecule has 0 amide bonds. The third kappa shape index (κ3) is 83.9. The van der Waals surface area contributed by atoms with Crippen molar-refractivity contribution in [3.8, 4) is 0 Å². The van der Waals surface area contributed by atoms with E-state index in [0.29, 0.717) is 59.6 Å². The molecule has 7 rings (SSSR count). The second-order valence-electron chi connectivity index (χ2n) is 47.2. The lowest BCUT2D eigenvalue weighted by Crippen LogP contribution is -2.30. The van der Waals surface area contributed by atoms with E-state index in [9.17, 15) is 0 Å². The topological polar surface area (TPSA) is 0 Å². The molecule has 0 saturated heterocycles. The summed E-state index contributed by atoms with van der Waals surface area (Å²) in [6.45, 7) is 102. The predicted octanol–water partition coefficient (Wildman–Crippen LogP) is 36.8. The average Bonchev–Trinajstić information content (AvgIpc) is 0.858. The summed E-state index contributed by atoms with van der Waals surface area (Å²) >= 11 is 0. The molecule has 0 aliphatic heterocycles. The number of allylic oxidation sites excluding steroid dienone is 12. The Bertz CT molecular complexity index is 1890. The monoisotopic (exact) mass is 1420 g/mol. The highest BCUT2D eigenvalue weighted by Gasteiger charge is 2.35. The zero-order valence-corrected chi connectivity index (χ0v) is 79.5. The van der Waals surface area contributed by atoms with Gasteiger partial charge < -0.3 is 0 Å². The molecule has 3 unspecified atom stereocenters. The summed E-state index contributed by atoms with van der Waals surface area (Å²) in [5.74, 6) is 6.86. The van der Waals surface area contributed by atoms with Crippen molar-refractivity contribution in [3.63, 3.8) is 0 Å². The van der Waals surface area contributed by atoms with Crippen LogP contribution in [0.4, 0.5) is 0 Å². The SMILES string of the molecule is C1=CCCCC1.C1=CCCCC1.C1CCCCC1.CC(C)(C)C.CC(C)(C)C.CC(C)(C)C.CC(C)(C)C1=CC=C(C(C)(C)C)CC1.CC(C)(C)C1=CCC(C(C)(C)C)CC1.CC(C)(C)C1C=CC(C(C)(C)C)CC1.CC(C)(C)C1CCC(C(C)(C)C)CC1.CC(C)C.CC(C)C.CC(C)C. The van der Waals surface area contributed by atoms with Crippen molar-refractivity contribution in [1.29, 1.82) is 0 Å². The molecule has 7 aliphatic carbocycles. The molecule has 0 aromatic heterocycles. The van der Waals surface area contributed by atoms with E-state index in [1.165, 1.54) is 161 Å². The molecule has 0 N–H and O–H groups in total. The van der Waals surface area contributed by atoms with Gasteiger partial charge in [-0.15, -0.1) is 0 Å². The first-order valence-corrected chi connectivity index (χ1v) is 43.1. The van der Waals surface area contributed by atoms with Crippen molar-refractivity contribution in [2.24, 2.45) is 107 Å². The number of hydrogen-bond donors (Lipinski definition) is 0.